The van der Waals surface area contributed by atoms with Gasteiger partial charge in [0.15, 0.2) is 0 Å². The molecule has 0 radical (unpaired) electrons. The van der Waals surface area contributed by atoms with Crippen molar-refractivity contribution >= 4 is 29.1 Å². The lowest BCUT2D eigenvalue weighted by atomic mass is 10.2. The highest BCUT2D eigenvalue weighted by molar-refractivity contribution is 6.33. The van der Waals surface area contributed by atoms with Crippen molar-refractivity contribution in [3.63, 3.8) is 0 Å². The van der Waals surface area contributed by atoms with Gasteiger partial charge in [-0.15, -0.1) is 0 Å². The van der Waals surface area contributed by atoms with E-state index in [0.29, 0.717) is 17.1 Å². The lowest BCUT2D eigenvalue weighted by Gasteiger charge is -2.09. The van der Waals surface area contributed by atoms with Crippen LogP contribution in [0.15, 0.2) is 36.5 Å². The number of carbonyl (C=O) groups is 1. The zero-order chi connectivity index (χ0) is 13.8. The molecule has 0 unspecified atom stereocenters. The number of aromatic carboxylic acids is 1. The predicted octanol–water partition coefficient (Wildman–Crippen LogP) is 3.05. The predicted molar refractivity (Wildman–Crippen MR) is 70.6 cm³/mol. The number of carboxylic acids is 1. The van der Waals surface area contributed by atoms with E-state index in [9.17, 15) is 4.79 Å². The van der Waals surface area contributed by atoms with Gasteiger partial charge < -0.3 is 10.4 Å². The van der Waals surface area contributed by atoms with Crippen LogP contribution < -0.4 is 5.32 Å². The van der Waals surface area contributed by atoms with Gasteiger partial charge in [0.25, 0.3) is 0 Å². The molecule has 1 heterocycles. The van der Waals surface area contributed by atoms with Gasteiger partial charge in [-0.1, -0.05) is 23.7 Å². The molecular formula is C13H8ClN3O2. The summed E-state index contributed by atoms with van der Waals surface area (Å²) in [5, 5.41) is 20.8. The van der Waals surface area contributed by atoms with Crippen molar-refractivity contribution in [2.75, 3.05) is 5.32 Å². The SMILES string of the molecule is N#Cc1ccccc1Nc1ncc(C(=O)O)cc1Cl. The Balaban J connectivity index is 2.34. The van der Waals surface area contributed by atoms with E-state index < -0.39 is 5.97 Å². The monoisotopic (exact) mass is 273 g/mol. The van der Waals surface area contributed by atoms with Gasteiger partial charge in [0.2, 0.25) is 0 Å². The van der Waals surface area contributed by atoms with Crippen molar-refractivity contribution in [3.8, 4) is 6.07 Å². The van der Waals surface area contributed by atoms with E-state index in [4.69, 9.17) is 22.0 Å². The minimum absolute atomic E-state index is 0.00381. The molecule has 6 heteroatoms. The molecule has 0 aliphatic carbocycles. The number of nitriles is 1. The smallest absolute Gasteiger partial charge is 0.337 e. The summed E-state index contributed by atoms with van der Waals surface area (Å²) in [6.07, 6.45) is 1.20. The minimum Gasteiger partial charge on any atom is -0.478 e. The molecule has 0 spiro atoms. The molecule has 2 rings (SSSR count). The van der Waals surface area contributed by atoms with Gasteiger partial charge in [-0.3, -0.25) is 0 Å². The number of benzene rings is 1. The number of para-hydroxylation sites is 1. The largest absolute Gasteiger partial charge is 0.478 e. The molecule has 0 saturated carbocycles. The summed E-state index contributed by atoms with van der Waals surface area (Å²) in [6.45, 7) is 0. The molecule has 0 saturated heterocycles. The number of nitrogens with zero attached hydrogens (tertiary/aromatic N) is 2. The van der Waals surface area contributed by atoms with E-state index >= 15 is 0 Å². The standard InChI is InChI=1S/C13H8ClN3O2/c14-10-5-9(13(18)19)7-16-12(10)17-11-4-2-1-3-8(11)6-15/h1-5,7H,(H,16,17)(H,18,19). The maximum atomic E-state index is 10.8. The highest BCUT2D eigenvalue weighted by Crippen LogP contribution is 2.25. The Morgan fingerprint density at radius 3 is 2.79 bits per heavy atom. The summed E-state index contributed by atoms with van der Waals surface area (Å²) in [6, 6.07) is 10.2. The van der Waals surface area contributed by atoms with Crippen LogP contribution in [0.25, 0.3) is 0 Å². The average molecular weight is 274 g/mol. The van der Waals surface area contributed by atoms with Crippen molar-refractivity contribution in [1.29, 1.82) is 5.26 Å². The van der Waals surface area contributed by atoms with Gasteiger partial charge in [-0.25, -0.2) is 9.78 Å². The third-order valence-electron chi connectivity index (χ3n) is 2.39. The third kappa shape index (κ3) is 2.81. The van der Waals surface area contributed by atoms with E-state index in [-0.39, 0.29) is 10.6 Å². The average Bonchev–Trinajstić information content (AvgIpc) is 2.41. The number of hydrogen-bond acceptors (Lipinski definition) is 4. The topological polar surface area (TPSA) is 86.0 Å². The molecule has 0 aliphatic rings. The molecule has 1 aromatic carbocycles. The van der Waals surface area contributed by atoms with E-state index in [0.717, 1.165) is 0 Å². The van der Waals surface area contributed by atoms with Crippen LogP contribution >= 0.6 is 11.6 Å². The molecule has 19 heavy (non-hydrogen) atoms. The van der Waals surface area contributed by atoms with Gasteiger partial charge in [-0.05, 0) is 18.2 Å². The van der Waals surface area contributed by atoms with Crippen molar-refractivity contribution in [2.45, 2.75) is 0 Å². The Morgan fingerprint density at radius 2 is 2.16 bits per heavy atom. The molecule has 5 nitrogen and oxygen atoms in total. The van der Waals surface area contributed by atoms with Crippen LogP contribution in [0.5, 0.6) is 0 Å². The Bertz CT molecular complexity index is 680. The number of carboxylic acid groups (broad SMARTS) is 1. The molecule has 0 aliphatic heterocycles. The molecule has 2 N–H and O–H groups in total. The van der Waals surface area contributed by atoms with Gasteiger partial charge in [0.1, 0.15) is 11.9 Å². The molecular weight excluding hydrogens is 266 g/mol. The molecule has 0 amide bonds. The summed E-state index contributed by atoms with van der Waals surface area (Å²) in [7, 11) is 0. The van der Waals surface area contributed by atoms with Crippen molar-refractivity contribution in [2.24, 2.45) is 0 Å². The first-order valence-electron chi connectivity index (χ1n) is 5.27. The molecule has 94 valence electrons. The van der Waals surface area contributed by atoms with Crippen LogP contribution in [0.4, 0.5) is 11.5 Å². The number of halogens is 1. The summed E-state index contributed by atoms with van der Waals surface area (Å²) >= 11 is 5.95. The quantitative estimate of drug-likeness (QED) is 0.897. The van der Waals surface area contributed by atoms with Gasteiger partial charge in [0, 0.05) is 6.20 Å². The molecule has 2 aromatic rings. The van der Waals surface area contributed by atoms with Gasteiger partial charge in [-0.2, -0.15) is 5.26 Å². The fourth-order valence-electron chi connectivity index (χ4n) is 1.46. The number of nitrogens with one attached hydrogen (secondary N) is 1. The number of anilines is 2. The summed E-state index contributed by atoms with van der Waals surface area (Å²) in [5.74, 6) is -0.798. The normalized spacial score (nSPS) is 9.68. The molecule has 0 fully saturated rings. The number of pyridine rings is 1. The van der Waals surface area contributed by atoms with Crippen molar-refractivity contribution in [1.82, 2.24) is 4.98 Å². The first-order valence-corrected chi connectivity index (χ1v) is 5.64. The van der Waals surface area contributed by atoms with Crippen molar-refractivity contribution in [3.05, 3.63) is 52.7 Å². The van der Waals surface area contributed by atoms with Crippen molar-refractivity contribution < 1.29 is 9.90 Å². The Hall–Kier alpha value is -2.58. The zero-order valence-electron chi connectivity index (χ0n) is 9.59. The second-order valence-corrected chi connectivity index (χ2v) is 4.05. The number of hydrogen-bond donors (Lipinski definition) is 2. The van der Waals surface area contributed by atoms with E-state index in [1.165, 1.54) is 12.3 Å². The first kappa shape index (κ1) is 12.9. The van der Waals surface area contributed by atoms with Crippen LogP contribution in [0.2, 0.25) is 5.02 Å². The van der Waals surface area contributed by atoms with Gasteiger partial charge in [0.05, 0.1) is 21.8 Å². The summed E-state index contributed by atoms with van der Waals surface area (Å²) < 4.78 is 0. The van der Waals surface area contributed by atoms with Crippen LogP contribution in [-0.4, -0.2) is 16.1 Å². The molecule has 0 bridgehead atoms. The highest BCUT2D eigenvalue weighted by Gasteiger charge is 2.10. The second kappa shape index (κ2) is 5.38. The van der Waals surface area contributed by atoms with E-state index in [2.05, 4.69) is 10.3 Å². The van der Waals surface area contributed by atoms with E-state index in [1.807, 2.05) is 6.07 Å². The first-order chi connectivity index (χ1) is 9.11. The maximum absolute atomic E-state index is 10.8. The number of aromatic nitrogens is 1. The van der Waals surface area contributed by atoms with Crippen LogP contribution in [-0.2, 0) is 0 Å². The second-order valence-electron chi connectivity index (χ2n) is 3.64. The lowest BCUT2D eigenvalue weighted by molar-refractivity contribution is 0.0696. The lowest BCUT2D eigenvalue weighted by Crippen LogP contribution is -2.01. The van der Waals surface area contributed by atoms with E-state index in [1.54, 1.807) is 24.3 Å². The maximum Gasteiger partial charge on any atom is 0.337 e. The van der Waals surface area contributed by atoms with Crippen LogP contribution in [0.3, 0.4) is 0 Å². The summed E-state index contributed by atoms with van der Waals surface area (Å²) in [4.78, 5) is 14.7. The zero-order valence-corrected chi connectivity index (χ0v) is 10.3. The third-order valence-corrected chi connectivity index (χ3v) is 2.68. The fourth-order valence-corrected chi connectivity index (χ4v) is 1.68. The number of rotatable bonds is 3. The van der Waals surface area contributed by atoms with Crippen LogP contribution in [0.1, 0.15) is 15.9 Å². The summed E-state index contributed by atoms with van der Waals surface area (Å²) in [5.41, 5.74) is 1.01. The van der Waals surface area contributed by atoms with Gasteiger partial charge >= 0.3 is 5.97 Å². The Morgan fingerprint density at radius 1 is 1.42 bits per heavy atom. The Labute approximate surface area is 114 Å². The molecule has 1 aromatic heterocycles. The Kier molecular flexibility index (Phi) is 3.64. The fraction of sp³-hybridized carbons (Fsp3) is 0. The van der Waals surface area contributed by atoms with Crippen LogP contribution in [0, 0.1) is 11.3 Å². The highest BCUT2D eigenvalue weighted by atomic mass is 35.5. The molecule has 0 atom stereocenters. The minimum atomic E-state index is -1.10.